The summed E-state index contributed by atoms with van der Waals surface area (Å²) in [4.78, 5) is 37.7. The van der Waals surface area contributed by atoms with Crippen LogP contribution < -0.4 is 10.9 Å². The summed E-state index contributed by atoms with van der Waals surface area (Å²) in [5.74, 6) is -1.84. The second kappa shape index (κ2) is 7.08. The Bertz CT molecular complexity index is 637. The van der Waals surface area contributed by atoms with Crippen LogP contribution in [0.2, 0.25) is 0 Å². The molecule has 2 heterocycles. The summed E-state index contributed by atoms with van der Waals surface area (Å²) < 4.78 is 9.98. The van der Waals surface area contributed by atoms with Gasteiger partial charge in [-0.15, -0.1) is 0 Å². The van der Waals surface area contributed by atoms with Crippen LogP contribution in [0.5, 0.6) is 5.75 Å². The highest BCUT2D eigenvalue weighted by Gasteiger charge is 2.25. The smallest absolute Gasteiger partial charge is 0.325 e. The minimum atomic E-state index is -0.833. The van der Waals surface area contributed by atoms with Crippen molar-refractivity contribution in [1.82, 2.24) is 10.3 Å². The molecule has 0 aromatic carbocycles. The number of pyridine rings is 1. The molecule has 0 spiro atoms. The fraction of sp³-hybridized carbons (Fsp3) is 0.500. The molecule has 8 nitrogen and oxygen atoms in total. The summed E-state index contributed by atoms with van der Waals surface area (Å²) in [6.45, 7) is 2.19. The van der Waals surface area contributed by atoms with E-state index in [1.165, 1.54) is 0 Å². The van der Waals surface area contributed by atoms with Crippen molar-refractivity contribution in [2.24, 2.45) is 0 Å². The van der Waals surface area contributed by atoms with E-state index in [0.717, 1.165) is 12.8 Å². The first-order chi connectivity index (χ1) is 10.5. The molecule has 2 rings (SSSR count). The van der Waals surface area contributed by atoms with Crippen molar-refractivity contribution in [3.8, 4) is 5.75 Å². The van der Waals surface area contributed by atoms with E-state index in [9.17, 15) is 19.5 Å². The highest BCUT2D eigenvalue weighted by atomic mass is 16.5. The zero-order valence-corrected chi connectivity index (χ0v) is 12.2. The van der Waals surface area contributed by atoms with Crippen molar-refractivity contribution < 1.29 is 24.2 Å². The van der Waals surface area contributed by atoms with Gasteiger partial charge in [-0.3, -0.25) is 14.4 Å². The number of aromatic hydroxyl groups is 1. The molecule has 1 aliphatic heterocycles. The van der Waals surface area contributed by atoms with Gasteiger partial charge < -0.3 is 24.9 Å². The minimum Gasteiger partial charge on any atom is -0.506 e. The van der Waals surface area contributed by atoms with Crippen LogP contribution in [0.1, 0.15) is 41.4 Å². The number of carbonyl (C=O) groups excluding carboxylic acids is 2. The number of hydrogen-bond donors (Lipinski definition) is 3. The maximum atomic E-state index is 12.0. The number of hydrogen-bond acceptors (Lipinski definition) is 6. The van der Waals surface area contributed by atoms with Crippen molar-refractivity contribution in [3.05, 3.63) is 27.2 Å². The fourth-order valence-corrected chi connectivity index (χ4v) is 2.04. The Balaban J connectivity index is 2.02. The third-order valence-electron chi connectivity index (χ3n) is 3.25. The predicted molar refractivity (Wildman–Crippen MR) is 75.4 cm³/mol. The molecule has 0 unspecified atom stereocenters. The Morgan fingerprint density at radius 1 is 1.41 bits per heavy atom. The molecule has 0 atom stereocenters. The molecule has 3 N–H and O–H groups in total. The van der Waals surface area contributed by atoms with Crippen molar-refractivity contribution in [3.63, 3.8) is 0 Å². The van der Waals surface area contributed by atoms with Crippen LogP contribution in [0, 0.1) is 0 Å². The Labute approximate surface area is 126 Å². The summed E-state index contributed by atoms with van der Waals surface area (Å²) in [7, 11) is 0. The standard InChI is InChI=1S/C14H18N2O6/c1-2-3-4-22-10(17)5-15-13(19)11-12(18)8-6-21-7-9(8)16-14(11)20/h2-7H2,1H3,(H,15,19)(H2,16,18,20). The Morgan fingerprint density at radius 2 is 2.18 bits per heavy atom. The van der Waals surface area contributed by atoms with Gasteiger partial charge >= 0.3 is 5.97 Å². The quantitative estimate of drug-likeness (QED) is 0.510. The maximum absolute atomic E-state index is 12.0. The van der Waals surface area contributed by atoms with E-state index in [0.29, 0.717) is 11.3 Å². The van der Waals surface area contributed by atoms with Gasteiger partial charge in [-0.05, 0) is 6.42 Å². The first kappa shape index (κ1) is 16.0. The first-order valence-electron chi connectivity index (χ1n) is 7.03. The van der Waals surface area contributed by atoms with E-state index in [4.69, 9.17) is 9.47 Å². The molecule has 120 valence electrons. The average molecular weight is 310 g/mol. The van der Waals surface area contributed by atoms with Gasteiger partial charge in [-0.25, -0.2) is 0 Å². The van der Waals surface area contributed by atoms with Gasteiger partial charge in [-0.2, -0.15) is 0 Å². The summed E-state index contributed by atoms with van der Waals surface area (Å²) in [6.07, 6.45) is 1.63. The van der Waals surface area contributed by atoms with E-state index in [2.05, 4.69) is 10.3 Å². The lowest BCUT2D eigenvalue weighted by molar-refractivity contribution is -0.142. The molecule has 1 amide bonds. The van der Waals surface area contributed by atoms with Gasteiger partial charge in [0.1, 0.15) is 17.9 Å². The van der Waals surface area contributed by atoms with Crippen molar-refractivity contribution >= 4 is 11.9 Å². The summed E-state index contributed by atoms with van der Waals surface area (Å²) in [5, 5.41) is 12.3. The number of H-pyrrole nitrogens is 1. The number of aromatic nitrogens is 1. The second-order valence-corrected chi connectivity index (χ2v) is 4.88. The molecule has 8 heteroatoms. The Hall–Kier alpha value is -2.35. The molecule has 0 saturated heterocycles. The van der Waals surface area contributed by atoms with Gasteiger partial charge in [-0.1, -0.05) is 13.3 Å². The number of esters is 1. The monoisotopic (exact) mass is 310 g/mol. The van der Waals surface area contributed by atoms with Crippen LogP contribution >= 0.6 is 0 Å². The van der Waals surface area contributed by atoms with Gasteiger partial charge in [0, 0.05) is 5.56 Å². The van der Waals surface area contributed by atoms with Gasteiger partial charge in [0.25, 0.3) is 11.5 Å². The zero-order valence-electron chi connectivity index (χ0n) is 12.2. The minimum absolute atomic E-state index is 0.122. The average Bonchev–Trinajstić information content (AvgIpc) is 2.94. The zero-order chi connectivity index (χ0) is 16.1. The summed E-state index contributed by atoms with van der Waals surface area (Å²) >= 11 is 0. The van der Waals surface area contributed by atoms with E-state index in [1.807, 2.05) is 6.92 Å². The number of rotatable bonds is 6. The molecule has 0 radical (unpaired) electrons. The number of carbonyl (C=O) groups is 2. The topological polar surface area (TPSA) is 118 Å². The van der Waals surface area contributed by atoms with Crippen LogP contribution in [0.4, 0.5) is 0 Å². The number of nitrogens with one attached hydrogen (secondary N) is 2. The molecule has 0 bridgehead atoms. The van der Waals surface area contributed by atoms with Crippen LogP contribution in [0.25, 0.3) is 0 Å². The predicted octanol–water partition coefficient (Wildman–Crippen LogP) is 0.184. The number of ether oxygens (including phenoxy) is 2. The molecule has 0 fully saturated rings. The summed E-state index contributed by atoms with van der Waals surface area (Å²) in [6, 6.07) is 0. The van der Waals surface area contributed by atoms with E-state index >= 15 is 0 Å². The lowest BCUT2D eigenvalue weighted by Gasteiger charge is -2.08. The number of aromatic amines is 1. The Morgan fingerprint density at radius 3 is 2.91 bits per heavy atom. The highest BCUT2D eigenvalue weighted by Crippen LogP contribution is 2.27. The second-order valence-electron chi connectivity index (χ2n) is 4.88. The maximum Gasteiger partial charge on any atom is 0.325 e. The van der Waals surface area contributed by atoms with E-state index < -0.39 is 28.7 Å². The number of amides is 1. The number of fused-ring (bicyclic) bond motifs is 1. The van der Waals surface area contributed by atoms with Crippen LogP contribution in [-0.4, -0.2) is 35.1 Å². The normalized spacial score (nSPS) is 12.8. The SMILES string of the molecule is CCCCOC(=O)CNC(=O)c1c(O)c2c([nH]c1=O)COC2. The molecule has 0 aliphatic carbocycles. The van der Waals surface area contributed by atoms with Crippen LogP contribution in [-0.2, 0) is 27.5 Å². The van der Waals surface area contributed by atoms with Crippen molar-refractivity contribution in [1.29, 1.82) is 0 Å². The fourth-order valence-electron chi connectivity index (χ4n) is 2.04. The van der Waals surface area contributed by atoms with E-state index in [-0.39, 0.29) is 26.4 Å². The van der Waals surface area contributed by atoms with E-state index in [1.54, 1.807) is 0 Å². The van der Waals surface area contributed by atoms with Gasteiger partial charge in [0.15, 0.2) is 0 Å². The summed E-state index contributed by atoms with van der Waals surface area (Å²) in [5.41, 5.74) is -0.308. The molecular weight excluding hydrogens is 292 g/mol. The van der Waals surface area contributed by atoms with Crippen molar-refractivity contribution in [2.75, 3.05) is 13.2 Å². The van der Waals surface area contributed by atoms with Crippen molar-refractivity contribution in [2.45, 2.75) is 33.0 Å². The molecular formula is C14H18N2O6. The third-order valence-corrected chi connectivity index (χ3v) is 3.25. The lowest BCUT2D eigenvalue weighted by Crippen LogP contribution is -2.34. The molecule has 1 aliphatic rings. The number of unbranched alkanes of at least 4 members (excludes halogenated alkanes) is 1. The van der Waals surface area contributed by atoms with Gasteiger partial charge in [0.05, 0.1) is 25.5 Å². The van der Waals surface area contributed by atoms with Crippen LogP contribution in [0.15, 0.2) is 4.79 Å². The first-order valence-corrected chi connectivity index (χ1v) is 7.03. The Kier molecular flexibility index (Phi) is 5.16. The molecule has 22 heavy (non-hydrogen) atoms. The third kappa shape index (κ3) is 3.45. The highest BCUT2D eigenvalue weighted by molar-refractivity contribution is 5.98. The molecule has 0 saturated carbocycles. The van der Waals surface area contributed by atoms with Crippen LogP contribution in [0.3, 0.4) is 0 Å². The van der Waals surface area contributed by atoms with Gasteiger partial charge in [0.2, 0.25) is 0 Å². The largest absolute Gasteiger partial charge is 0.506 e. The lowest BCUT2D eigenvalue weighted by atomic mass is 10.1. The molecule has 1 aromatic rings. The molecule has 1 aromatic heterocycles.